The van der Waals surface area contributed by atoms with Gasteiger partial charge in [-0.1, -0.05) is 13.0 Å². The van der Waals surface area contributed by atoms with Gasteiger partial charge in [-0.25, -0.2) is 0 Å². The largest absolute Gasteiger partial charge is 0.378 e. The van der Waals surface area contributed by atoms with Gasteiger partial charge in [0.1, 0.15) is 0 Å². The van der Waals surface area contributed by atoms with Crippen molar-refractivity contribution < 1.29 is 18.9 Å². The summed E-state index contributed by atoms with van der Waals surface area (Å²) in [5, 5.41) is 0. The molecule has 0 bridgehead atoms. The lowest BCUT2D eigenvalue weighted by Crippen LogP contribution is -2.46. The zero-order chi connectivity index (χ0) is 20.6. The highest BCUT2D eigenvalue weighted by Crippen LogP contribution is 2.31. The van der Waals surface area contributed by atoms with E-state index in [1.54, 1.807) is 0 Å². The molecular formula is C23H43NO4. The molecule has 1 aliphatic carbocycles. The van der Waals surface area contributed by atoms with Crippen molar-refractivity contribution in [3.8, 4) is 0 Å². The van der Waals surface area contributed by atoms with Crippen LogP contribution >= 0.6 is 0 Å². The molecule has 0 aromatic carbocycles. The van der Waals surface area contributed by atoms with Gasteiger partial charge < -0.3 is 23.8 Å². The minimum absolute atomic E-state index is 0.0269. The monoisotopic (exact) mass is 397 g/mol. The van der Waals surface area contributed by atoms with Gasteiger partial charge in [-0.15, -0.1) is 6.58 Å². The third-order valence-corrected chi connectivity index (χ3v) is 5.62. The molecule has 5 nitrogen and oxygen atoms in total. The standard InChI is InChI=1S/C23H43NO4/c1-7-23(6,17-25-12-13-26-18(2)3)16-24-10-8-20(9-11-24)28-22-14-21(15-22)27-19(4)5/h7,18-22H,1,8-17H2,2-6H3. The van der Waals surface area contributed by atoms with Gasteiger partial charge in [0, 0.05) is 25.0 Å². The molecule has 164 valence electrons. The molecule has 2 aliphatic rings. The van der Waals surface area contributed by atoms with Crippen molar-refractivity contribution in [2.45, 2.75) is 90.8 Å². The first-order valence-corrected chi connectivity index (χ1v) is 11.2. The van der Waals surface area contributed by atoms with Crippen LogP contribution < -0.4 is 0 Å². The predicted octanol–water partition coefficient (Wildman–Crippen LogP) is 4.06. The van der Waals surface area contributed by atoms with Crippen molar-refractivity contribution in [1.29, 1.82) is 0 Å². The van der Waals surface area contributed by atoms with E-state index in [0.29, 0.717) is 44.2 Å². The first kappa shape index (κ1) is 23.8. The third-order valence-electron chi connectivity index (χ3n) is 5.62. The Balaban J connectivity index is 1.60. The molecule has 0 spiro atoms. The zero-order valence-corrected chi connectivity index (χ0v) is 18.8. The molecule has 0 aromatic rings. The molecule has 2 fully saturated rings. The van der Waals surface area contributed by atoms with Crippen molar-refractivity contribution in [2.24, 2.45) is 5.41 Å². The van der Waals surface area contributed by atoms with Gasteiger partial charge in [-0.2, -0.15) is 0 Å². The van der Waals surface area contributed by atoms with E-state index in [1.165, 1.54) is 0 Å². The van der Waals surface area contributed by atoms with Gasteiger partial charge in [0.05, 0.1) is 50.3 Å². The summed E-state index contributed by atoms with van der Waals surface area (Å²) >= 11 is 0. The fraction of sp³-hybridized carbons (Fsp3) is 0.913. The SMILES string of the molecule is C=CC(C)(COCCOC(C)C)CN1CCC(OC2CC(OC(C)C)C2)CC1. The van der Waals surface area contributed by atoms with Crippen LogP contribution in [-0.4, -0.2) is 74.9 Å². The normalized spacial score (nSPS) is 26.4. The van der Waals surface area contributed by atoms with E-state index in [0.717, 1.165) is 45.3 Å². The molecule has 28 heavy (non-hydrogen) atoms. The number of likely N-dealkylation sites (tertiary alicyclic amines) is 1. The minimum Gasteiger partial charge on any atom is -0.378 e. The first-order chi connectivity index (χ1) is 13.3. The van der Waals surface area contributed by atoms with Crippen molar-refractivity contribution in [3.05, 3.63) is 12.7 Å². The predicted molar refractivity (Wildman–Crippen MR) is 114 cm³/mol. The van der Waals surface area contributed by atoms with E-state index < -0.39 is 0 Å². The van der Waals surface area contributed by atoms with E-state index in [1.807, 2.05) is 19.9 Å². The Labute approximate surface area is 172 Å². The summed E-state index contributed by atoms with van der Waals surface area (Å²) < 4.78 is 23.5. The highest BCUT2D eigenvalue weighted by molar-refractivity contribution is 4.95. The van der Waals surface area contributed by atoms with Gasteiger partial charge in [0.15, 0.2) is 0 Å². The minimum atomic E-state index is -0.0269. The van der Waals surface area contributed by atoms with Crippen LogP contribution in [0.1, 0.15) is 60.3 Å². The smallest absolute Gasteiger partial charge is 0.0703 e. The second-order valence-corrected chi connectivity index (χ2v) is 9.34. The summed E-state index contributed by atoms with van der Waals surface area (Å²) in [7, 11) is 0. The molecule has 0 amide bonds. The second kappa shape index (κ2) is 11.7. The topological polar surface area (TPSA) is 40.2 Å². The van der Waals surface area contributed by atoms with Crippen LogP contribution in [0.3, 0.4) is 0 Å². The Morgan fingerprint density at radius 3 is 2.25 bits per heavy atom. The highest BCUT2D eigenvalue weighted by Gasteiger charge is 2.34. The molecule has 1 saturated carbocycles. The maximum atomic E-state index is 6.29. The van der Waals surface area contributed by atoms with E-state index in [-0.39, 0.29) is 11.5 Å². The van der Waals surface area contributed by atoms with Crippen molar-refractivity contribution in [3.63, 3.8) is 0 Å². The molecule has 1 saturated heterocycles. The van der Waals surface area contributed by atoms with Crippen molar-refractivity contribution in [2.75, 3.05) is 39.5 Å². The average molecular weight is 398 g/mol. The maximum Gasteiger partial charge on any atom is 0.0703 e. The fourth-order valence-corrected chi connectivity index (χ4v) is 3.93. The lowest BCUT2D eigenvalue weighted by atomic mass is 9.89. The molecule has 5 heteroatoms. The number of nitrogens with zero attached hydrogens (tertiary/aromatic N) is 1. The molecule has 1 atom stereocenters. The van der Waals surface area contributed by atoms with Crippen LogP contribution in [-0.2, 0) is 18.9 Å². The maximum absolute atomic E-state index is 6.29. The van der Waals surface area contributed by atoms with Gasteiger partial charge in [0.2, 0.25) is 0 Å². The summed E-state index contributed by atoms with van der Waals surface area (Å²) in [6, 6.07) is 0. The Kier molecular flexibility index (Phi) is 9.91. The molecule has 1 heterocycles. The lowest BCUT2D eigenvalue weighted by Gasteiger charge is -2.41. The highest BCUT2D eigenvalue weighted by atomic mass is 16.5. The van der Waals surface area contributed by atoms with Crippen LogP contribution in [0.2, 0.25) is 0 Å². The van der Waals surface area contributed by atoms with Crippen LogP contribution in [0.25, 0.3) is 0 Å². The summed E-state index contributed by atoms with van der Waals surface area (Å²) in [5.74, 6) is 0. The lowest BCUT2D eigenvalue weighted by molar-refractivity contribution is -0.146. The van der Waals surface area contributed by atoms with Gasteiger partial charge in [-0.05, 0) is 53.4 Å². The number of hydrogen-bond acceptors (Lipinski definition) is 5. The Morgan fingerprint density at radius 2 is 1.68 bits per heavy atom. The Bertz CT molecular complexity index is 442. The van der Waals surface area contributed by atoms with Gasteiger partial charge >= 0.3 is 0 Å². The van der Waals surface area contributed by atoms with Crippen molar-refractivity contribution in [1.82, 2.24) is 4.90 Å². The Morgan fingerprint density at radius 1 is 1.00 bits per heavy atom. The molecule has 0 N–H and O–H groups in total. The Hall–Kier alpha value is -0.460. The van der Waals surface area contributed by atoms with Gasteiger partial charge in [0.25, 0.3) is 0 Å². The molecular weight excluding hydrogens is 354 g/mol. The van der Waals surface area contributed by atoms with E-state index in [4.69, 9.17) is 18.9 Å². The quantitative estimate of drug-likeness (QED) is 0.346. The number of ether oxygens (including phenoxy) is 4. The third kappa shape index (κ3) is 8.50. The van der Waals surface area contributed by atoms with Crippen LogP contribution in [0, 0.1) is 5.41 Å². The van der Waals surface area contributed by atoms with E-state index in [2.05, 4.69) is 32.3 Å². The number of hydrogen-bond donors (Lipinski definition) is 0. The van der Waals surface area contributed by atoms with Crippen molar-refractivity contribution >= 4 is 0 Å². The number of rotatable bonds is 13. The van der Waals surface area contributed by atoms with Crippen LogP contribution in [0.15, 0.2) is 12.7 Å². The number of piperidine rings is 1. The van der Waals surface area contributed by atoms with Gasteiger partial charge in [-0.3, -0.25) is 0 Å². The summed E-state index contributed by atoms with van der Waals surface area (Å²) in [5.41, 5.74) is -0.0269. The molecule has 0 aromatic heterocycles. The van der Waals surface area contributed by atoms with Crippen LogP contribution in [0.4, 0.5) is 0 Å². The zero-order valence-electron chi connectivity index (χ0n) is 18.8. The van der Waals surface area contributed by atoms with Crippen LogP contribution in [0.5, 0.6) is 0 Å². The fourth-order valence-electron chi connectivity index (χ4n) is 3.93. The summed E-state index contributed by atoms with van der Waals surface area (Å²) in [6.45, 7) is 19.7. The molecule has 1 aliphatic heterocycles. The molecule has 0 radical (unpaired) electrons. The molecule has 1 unspecified atom stereocenters. The second-order valence-electron chi connectivity index (χ2n) is 9.34. The average Bonchev–Trinajstić information content (AvgIpc) is 2.60. The summed E-state index contributed by atoms with van der Waals surface area (Å²) in [6.07, 6.45) is 8.18. The molecule has 2 rings (SSSR count). The van der Waals surface area contributed by atoms with E-state index >= 15 is 0 Å². The first-order valence-electron chi connectivity index (χ1n) is 11.2. The van der Waals surface area contributed by atoms with E-state index in [9.17, 15) is 0 Å². The summed E-state index contributed by atoms with van der Waals surface area (Å²) in [4.78, 5) is 2.53.